The zero-order chi connectivity index (χ0) is 19.9. The largest absolute Gasteiger partial charge is 0.465 e. The third kappa shape index (κ3) is 4.05. The van der Waals surface area contributed by atoms with Crippen molar-refractivity contribution in [3.8, 4) is 0 Å². The minimum Gasteiger partial charge on any atom is -0.465 e. The van der Waals surface area contributed by atoms with E-state index in [1.54, 1.807) is 23.1 Å². The molecule has 0 fully saturated rings. The van der Waals surface area contributed by atoms with Crippen molar-refractivity contribution in [1.82, 2.24) is 0 Å². The zero-order valence-corrected chi connectivity index (χ0v) is 20.0. The van der Waals surface area contributed by atoms with E-state index in [-0.39, 0.29) is 23.1 Å². The number of halogens is 1. The standard InChI is InChI=1S/C20H24INO3S2/c1-6-25-18(24)15-10(2)22-12-8-20(3,4)9-13(23)17(12)16(15)11-7-14(21)27-19(11)26-5/h7,15-16H,6,8-9H2,1-5H3. The molecule has 2 heterocycles. The maximum Gasteiger partial charge on any atom is 0.315 e. The summed E-state index contributed by atoms with van der Waals surface area (Å²) < 4.78 is 7.68. The van der Waals surface area contributed by atoms with Gasteiger partial charge >= 0.3 is 5.97 Å². The maximum absolute atomic E-state index is 13.2. The van der Waals surface area contributed by atoms with E-state index in [0.717, 1.165) is 36.1 Å². The number of Topliss-reactive ketones (excluding diaryl/α,β-unsaturated/α-hetero) is 1. The monoisotopic (exact) mass is 517 g/mol. The Hall–Kier alpha value is -0.670. The molecule has 3 rings (SSSR count). The molecule has 0 N–H and O–H groups in total. The smallest absolute Gasteiger partial charge is 0.315 e. The van der Waals surface area contributed by atoms with Crippen LogP contribution in [0.2, 0.25) is 0 Å². The summed E-state index contributed by atoms with van der Waals surface area (Å²) >= 11 is 5.68. The van der Waals surface area contributed by atoms with Crippen LogP contribution in [0.15, 0.2) is 26.5 Å². The second-order valence-electron chi connectivity index (χ2n) is 7.76. The van der Waals surface area contributed by atoms with E-state index in [0.29, 0.717) is 13.0 Å². The number of thiophene rings is 1. The van der Waals surface area contributed by atoms with Gasteiger partial charge in [-0.15, -0.1) is 23.1 Å². The molecule has 7 heteroatoms. The van der Waals surface area contributed by atoms with Gasteiger partial charge in [0.05, 0.1) is 13.7 Å². The minimum atomic E-state index is -0.537. The van der Waals surface area contributed by atoms with Gasteiger partial charge in [-0.25, -0.2) is 0 Å². The molecule has 0 bridgehead atoms. The van der Waals surface area contributed by atoms with Gasteiger partial charge in [0.15, 0.2) is 5.78 Å². The van der Waals surface area contributed by atoms with Crippen LogP contribution in [0.3, 0.4) is 0 Å². The lowest BCUT2D eigenvalue weighted by Crippen LogP contribution is -2.39. The topological polar surface area (TPSA) is 55.7 Å². The van der Waals surface area contributed by atoms with Gasteiger partial charge < -0.3 is 4.74 Å². The fourth-order valence-electron chi connectivity index (χ4n) is 4.05. The Morgan fingerprint density at radius 1 is 1.44 bits per heavy atom. The van der Waals surface area contributed by atoms with Crippen LogP contribution in [0.4, 0.5) is 0 Å². The fourth-order valence-corrected chi connectivity index (χ4v) is 7.19. The lowest BCUT2D eigenvalue weighted by atomic mass is 9.67. The number of hydrogen-bond acceptors (Lipinski definition) is 6. The molecule has 2 atom stereocenters. The molecule has 0 spiro atoms. The lowest BCUT2D eigenvalue weighted by molar-refractivity contribution is -0.146. The quantitative estimate of drug-likeness (QED) is 0.303. The second-order valence-corrected chi connectivity index (χ2v) is 11.8. The van der Waals surface area contributed by atoms with E-state index in [9.17, 15) is 9.59 Å². The number of aliphatic imine (C=N–C) groups is 1. The molecule has 1 aromatic heterocycles. The van der Waals surface area contributed by atoms with Gasteiger partial charge in [0.2, 0.25) is 0 Å². The van der Waals surface area contributed by atoms with Gasteiger partial charge in [0, 0.05) is 29.3 Å². The number of ketones is 1. The summed E-state index contributed by atoms with van der Waals surface area (Å²) in [6.45, 7) is 8.22. The number of nitrogens with zero attached hydrogens (tertiary/aromatic N) is 1. The Morgan fingerprint density at radius 2 is 2.15 bits per heavy atom. The van der Waals surface area contributed by atoms with Crippen LogP contribution in [0.25, 0.3) is 0 Å². The third-order valence-electron chi connectivity index (χ3n) is 5.06. The van der Waals surface area contributed by atoms with Crippen molar-refractivity contribution in [1.29, 1.82) is 0 Å². The van der Waals surface area contributed by atoms with Gasteiger partial charge in [-0.1, -0.05) is 13.8 Å². The summed E-state index contributed by atoms with van der Waals surface area (Å²) in [5.74, 6) is -1.02. The summed E-state index contributed by atoms with van der Waals surface area (Å²) in [6, 6.07) is 2.12. The average molecular weight is 517 g/mol. The number of hydrogen-bond donors (Lipinski definition) is 0. The minimum absolute atomic E-state index is 0.105. The number of carbonyl (C=O) groups is 2. The molecule has 1 aromatic rings. The highest BCUT2D eigenvalue weighted by atomic mass is 127. The molecule has 2 unspecified atom stereocenters. The Labute approximate surface area is 182 Å². The van der Waals surface area contributed by atoms with Crippen LogP contribution in [-0.4, -0.2) is 30.3 Å². The Balaban J connectivity index is 2.21. The Kier molecular flexibility index (Phi) is 6.23. The number of allylic oxidation sites excluding steroid dienone is 2. The number of ether oxygens (including phenoxy) is 1. The van der Waals surface area contributed by atoms with E-state index in [1.165, 1.54) is 0 Å². The third-order valence-corrected chi connectivity index (χ3v) is 8.12. The van der Waals surface area contributed by atoms with Crippen molar-refractivity contribution in [3.63, 3.8) is 0 Å². The number of thioether (sulfide) groups is 1. The van der Waals surface area contributed by atoms with E-state index in [2.05, 4.69) is 42.5 Å². The predicted octanol–water partition coefficient (Wildman–Crippen LogP) is 5.46. The highest BCUT2D eigenvalue weighted by Crippen LogP contribution is 2.50. The molecule has 0 aromatic carbocycles. The number of carbonyl (C=O) groups excluding carboxylic acids is 2. The highest BCUT2D eigenvalue weighted by molar-refractivity contribution is 14.1. The molecular weight excluding hydrogens is 493 g/mol. The summed E-state index contributed by atoms with van der Waals surface area (Å²) in [7, 11) is 0. The van der Waals surface area contributed by atoms with Crippen molar-refractivity contribution in [3.05, 3.63) is 25.8 Å². The number of esters is 1. The summed E-state index contributed by atoms with van der Waals surface area (Å²) in [4.78, 5) is 30.8. The van der Waals surface area contributed by atoms with Crippen molar-refractivity contribution < 1.29 is 14.3 Å². The van der Waals surface area contributed by atoms with E-state index >= 15 is 0 Å². The van der Waals surface area contributed by atoms with Gasteiger partial charge in [-0.2, -0.15) is 0 Å². The lowest BCUT2D eigenvalue weighted by Gasteiger charge is -2.38. The van der Waals surface area contributed by atoms with Gasteiger partial charge in [0.25, 0.3) is 0 Å². The molecule has 0 radical (unpaired) electrons. The first kappa shape index (κ1) is 21.0. The van der Waals surface area contributed by atoms with Gasteiger partial charge in [-0.05, 0) is 66.2 Å². The molecule has 1 aliphatic heterocycles. The van der Waals surface area contributed by atoms with Crippen molar-refractivity contribution in [2.75, 3.05) is 12.9 Å². The van der Waals surface area contributed by atoms with E-state index < -0.39 is 5.92 Å². The van der Waals surface area contributed by atoms with Crippen molar-refractivity contribution in [2.45, 2.75) is 50.7 Å². The first-order valence-electron chi connectivity index (χ1n) is 8.99. The van der Waals surface area contributed by atoms with E-state index in [1.807, 2.05) is 20.1 Å². The molecule has 4 nitrogen and oxygen atoms in total. The van der Waals surface area contributed by atoms with Gasteiger partial charge in [-0.3, -0.25) is 14.6 Å². The van der Waals surface area contributed by atoms with Crippen LogP contribution in [-0.2, 0) is 14.3 Å². The van der Waals surface area contributed by atoms with Crippen LogP contribution in [0.5, 0.6) is 0 Å². The first-order chi connectivity index (χ1) is 12.7. The average Bonchev–Trinajstić information content (AvgIpc) is 2.93. The molecule has 1 aliphatic carbocycles. The predicted molar refractivity (Wildman–Crippen MR) is 120 cm³/mol. The molecule has 2 aliphatic rings. The van der Waals surface area contributed by atoms with Crippen molar-refractivity contribution in [2.24, 2.45) is 16.3 Å². The van der Waals surface area contributed by atoms with Crippen LogP contribution < -0.4 is 0 Å². The molecule has 0 saturated heterocycles. The Morgan fingerprint density at radius 3 is 2.78 bits per heavy atom. The zero-order valence-electron chi connectivity index (χ0n) is 16.2. The summed E-state index contributed by atoms with van der Waals surface area (Å²) in [5, 5.41) is 0. The van der Waals surface area contributed by atoms with Crippen LogP contribution in [0.1, 0.15) is 52.0 Å². The normalized spacial score (nSPS) is 24.5. The van der Waals surface area contributed by atoms with Crippen LogP contribution in [0, 0.1) is 14.2 Å². The maximum atomic E-state index is 13.2. The molecule has 27 heavy (non-hydrogen) atoms. The molecular formula is C20H24INO3S2. The first-order valence-corrected chi connectivity index (χ1v) is 12.1. The highest BCUT2D eigenvalue weighted by Gasteiger charge is 2.46. The van der Waals surface area contributed by atoms with Crippen LogP contribution >= 0.6 is 45.7 Å². The van der Waals surface area contributed by atoms with Crippen molar-refractivity contribution >= 4 is 63.2 Å². The molecule has 146 valence electrons. The Bertz CT molecular complexity index is 853. The fraction of sp³-hybridized carbons (Fsp3) is 0.550. The SMILES string of the molecule is CCOC(=O)C1C(C)=NC2=C(C(=O)CC(C)(C)C2)C1c1cc(I)sc1SC. The van der Waals surface area contributed by atoms with Gasteiger partial charge in [0.1, 0.15) is 5.92 Å². The number of rotatable bonds is 4. The summed E-state index contributed by atoms with van der Waals surface area (Å²) in [6.07, 6.45) is 3.28. The molecule has 0 saturated carbocycles. The second kappa shape index (κ2) is 7.99. The summed E-state index contributed by atoms with van der Waals surface area (Å²) in [5.41, 5.74) is 3.28. The molecule has 0 amide bonds. The van der Waals surface area contributed by atoms with E-state index in [4.69, 9.17) is 9.73 Å².